The second-order valence-corrected chi connectivity index (χ2v) is 4.42. The quantitative estimate of drug-likeness (QED) is 0.900. The number of methoxy groups -OCH3 is 2. The van der Waals surface area contributed by atoms with Crippen molar-refractivity contribution in [3.63, 3.8) is 0 Å². The van der Waals surface area contributed by atoms with E-state index in [-0.39, 0.29) is 6.04 Å². The summed E-state index contributed by atoms with van der Waals surface area (Å²) in [6, 6.07) is 3.80. The Morgan fingerprint density at radius 3 is 2.37 bits per heavy atom. The number of hydrogen-bond acceptors (Lipinski definition) is 4. The van der Waals surface area contributed by atoms with Gasteiger partial charge in [-0.25, -0.2) is 4.98 Å². The van der Waals surface area contributed by atoms with Crippen LogP contribution in [0.25, 0.3) is 11.0 Å². The molecule has 104 valence electrons. The van der Waals surface area contributed by atoms with Crippen molar-refractivity contribution in [2.24, 2.45) is 5.73 Å². The van der Waals surface area contributed by atoms with Crippen molar-refractivity contribution in [2.45, 2.75) is 32.9 Å². The van der Waals surface area contributed by atoms with E-state index in [0.29, 0.717) is 11.5 Å². The second kappa shape index (κ2) is 5.48. The van der Waals surface area contributed by atoms with E-state index >= 15 is 0 Å². The van der Waals surface area contributed by atoms with Crippen LogP contribution in [0, 0.1) is 0 Å². The lowest BCUT2D eigenvalue weighted by Gasteiger charge is -2.11. The summed E-state index contributed by atoms with van der Waals surface area (Å²) < 4.78 is 12.8. The van der Waals surface area contributed by atoms with E-state index in [1.165, 1.54) is 0 Å². The third-order valence-corrected chi connectivity index (χ3v) is 3.37. The molecule has 0 amide bonds. The number of hydrogen-bond donors (Lipinski definition) is 1. The lowest BCUT2D eigenvalue weighted by atomic mass is 10.2. The van der Waals surface area contributed by atoms with Gasteiger partial charge in [-0.05, 0) is 13.3 Å². The summed E-state index contributed by atoms with van der Waals surface area (Å²) in [6.07, 6.45) is 0.859. The monoisotopic (exact) mass is 263 g/mol. The number of aryl methyl sites for hydroxylation is 1. The smallest absolute Gasteiger partial charge is 0.163 e. The number of fused-ring (bicyclic) bond motifs is 1. The predicted octanol–water partition coefficient (Wildman–Crippen LogP) is 2.48. The fourth-order valence-corrected chi connectivity index (χ4v) is 2.27. The zero-order valence-corrected chi connectivity index (χ0v) is 11.9. The van der Waals surface area contributed by atoms with E-state index in [9.17, 15) is 0 Å². The van der Waals surface area contributed by atoms with Crippen molar-refractivity contribution in [3.8, 4) is 11.5 Å². The molecule has 1 unspecified atom stereocenters. The molecule has 1 heterocycles. The Hall–Kier alpha value is -1.75. The summed E-state index contributed by atoms with van der Waals surface area (Å²) in [5.41, 5.74) is 8.04. The van der Waals surface area contributed by atoms with Crippen LogP contribution in [0.2, 0.25) is 0 Å². The minimum Gasteiger partial charge on any atom is -0.493 e. The number of nitrogens with two attached hydrogens (primary N) is 1. The predicted molar refractivity (Wildman–Crippen MR) is 75.7 cm³/mol. The van der Waals surface area contributed by atoms with Gasteiger partial charge in [-0.3, -0.25) is 0 Å². The maximum Gasteiger partial charge on any atom is 0.163 e. The summed E-state index contributed by atoms with van der Waals surface area (Å²) in [6.45, 7) is 4.98. The highest BCUT2D eigenvalue weighted by Crippen LogP contribution is 2.33. The first kappa shape index (κ1) is 13.7. The lowest BCUT2D eigenvalue weighted by molar-refractivity contribution is 0.355. The molecule has 0 spiro atoms. The third kappa shape index (κ3) is 2.26. The van der Waals surface area contributed by atoms with E-state index in [4.69, 9.17) is 15.2 Å². The molecule has 0 aliphatic rings. The van der Waals surface area contributed by atoms with E-state index in [2.05, 4.69) is 23.4 Å². The normalized spacial score (nSPS) is 12.7. The molecule has 0 aliphatic carbocycles. The minimum atomic E-state index is -0.0515. The standard InChI is InChI=1S/C14H21N3O2/c1-5-9(15)14-16-10-7-12(18-3)13(19-4)8-11(10)17(14)6-2/h7-9H,5-6,15H2,1-4H3. The highest BCUT2D eigenvalue weighted by Gasteiger charge is 2.17. The topological polar surface area (TPSA) is 62.3 Å². The van der Waals surface area contributed by atoms with E-state index in [1.807, 2.05) is 12.1 Å². The van der Waals surface area contributed by atoms with Crippen molar-refractivity contribution < 1.29 is 9.47 Å². The fourth-order valence-electron chi connectivity index (χ4n) is 2.27. The van der Waals surface area contributed by atoms with E-state index in [0.717, 1.165) is 29.8 Å². The van der Waals surface area contributed by atoms with Crippen molar-refractivity contribution in [1.82, 2.24) is 9.55 Å². The average Bonchev–Trinajstić information content (AvgIpc) is 2.81. The van der Waals surface area contributed by atoms with Gasteiger partial charge in [0.15, 0.2) is 11.5 Å². The van der Waals surface area contributed by atoms with Crippen LogP contribution in [-0.2, 0) is 6.54 Å². The molecule has 19 heavy (non-hydrogen) atoms. The summed E-state index contributed by atoms with van der Waals surface area (Å²) in [7, 11) is 3.26. The van der Waals surface area contributed by atoms with Gasteiger partial charge < -0.3 is 19.8 Å². The Bertz CT molecular complexity index is 578. The largest absolute Gasteiger partial charge is 0.493 e. The SMILES string of the molecule is CCC(N)c1nc2cc(OC)c(OC)cc2n1CC. The maximum absolute atomic E-state index is 6.13. The molecular weight excluding hydrogens is 242 g/mol. The lowest BCUT2D eigenvalue weighted by Crippen LogP contribution is -2.15. The van der Waals surface area contributed by atoms with Crippen LogP contribution in [-0.4, -0.2) is 23.8 Å². The molecule has 0 radical (unpaired) electrons. The van der Waals surface area contributed by atoms with Gasteiger partial charge in [0.2, 0.25) is 0 Å². The molecule has 0 aliphatic heterocycles. The maximum atomic E-state index is 6.13. The number of rotatable bonds is 5. The van der Waals surface area contributed by atoms with E-state index < -0.39 is 0 Å². The molecule has 0 bridgehead atoms. The molecule has 1 aromatic carbocycles. The van der Waals surface area contributed by atoms with E-state index in [1.54, 1.807) is 14.2 Å². The molecule has 1 atom stereocenters. The van der Waals surface area contributed by atoms with Crippen LogP contribution >= 0.6 is 0 Å². The first-order chi connectivity index (χ1) is 9.15. The molecule has 2 N–H and O–H groups in total. The Labute approximate surface area is 113 Å². The van der Waals surface area contributed by atoms with Gasteiger partial charge in [-0.1, -0.05) is 6.92 Å². The van der Waals surface area contributed by atoms with Gasteiger partial charge in [-0.15, -0.1) is 0 Å². The van der Waals surface area contributed by atoms with Gasteiger partial charge in [0.25, 0.3) is 0 Å². The van der Waals surface area contributed by atoms with Gasteiger partial charge in [0.1, 0.15) is 5.82 Å². The van der Waals surface area contributed by atoms with Crippen LogP contribution in [0.4, 0.5) is 0 Å². The average molecular weight is 263 g/mol. The van der Waals surface area contributed by atoms with Crippen LogP contribution in [0.5, 0.6) is 11.5 Å². The molecule has 0 fully saturated rings. The zero-order valence-electron chi connectivity index (χ0n) is 11.9. The van der Waals surface area contributed by atoms with Crippen molar-refractivity contribution in [1.29, 1.82) is 0 Å². The van der Waals surface area contributed by atoms with Crippen LogP contribution in [0.3, 0.4) is 0 Å². The minimum absolute atomic E-state index is 0.0515. The molecule has 5 heteroatoms. The van der Waals surface area contributed by atoms with Crippen molar-refractivity contribution >= 4 is 11.0 Å². The zero-order chi connectivity index (χ0) is 14.0. The van der Waals surface area contributed by atoms with Gasteiger partial charge in [0.05, 0.1) is 31.3 Å². The summed E-state index contributed by atoms with van der Waals surface area (Å²) in [5.74, 6) is 2.31. The Morgan fingerprint density at radius 2 is 1.84 bits per heavy atom. The van der Waals surface area contributed by atoms with Gasteiger partial charge in [-0.2, -0.15) is 0 Å². The fraction of sp³-hybridized carbons (Fsp3) is 0.500. The molecular formula is C14H21N3O2. The first-order valence-electron chi connectivity index (χ1n) is 6.53. The molecule has 0 saturated heterocycles. The van der Waals surface area contributed by atoms with Crippen LogP contribution < -0.4 is 15.2 Å². The molecule has 0 saturated carbocycles. The van der Waals surface area contributed by atoms with Crippen LogP contribution in [0.15, 0.2) is 12.1 Å². The molecule has 1 aromatic heterocycles. The number of imidazole rings is 1. The molecule has 2 rings (SSSR count). The number of aromatic nitrogens is 2. The van der Waals surface area contributed by atoms with Gasteiger partial charge >= 0.3 is 0 Å². The Kier molecular flexibility index (Phi) is 3.95. The highest BCUT2D eigenvalue weighted by molar-refractivity contribution is 5.80. The number of benzene rings is 1. The summed E-state index contributed by atoms with van der Waals surface area (Å²) in [4.78, 5) is 4.64. The Morgan fingerprint density at radius 1 is 1.21 bits per heavy atom. The second-order valence-electron chi connectivity index (χ2n) is 4.42. The summed E-state index contributed by atoms with van der Waals surface area (Å²) in [5, 5.41) is 0. The Balaban J connectivity index is 2.69. The number of nitrogens with zero attached hydrogens (tertiary/aromatic N) is 2. The van der Waals surface area contributed by atoms with Gasteiger partial charge in [0, 0.05) is 18.7 Å². The van der Waals surface area contributed by atoms with Crippen molar-refractivity contribution in [3.05, 3.63) is 18.0 Å². The third-order valence-electron chi connectivity index (χ3n) is 3.37. The first-order valence-corrected chi connectivity index (χ1v) is 6.53. The van der Waals surface area contributed by atoms with Crippen molar-refractivity contribution in [2.75, 3.05) is 14.2 Å². The van der Waals surface area contributed by atoms with Crippen LogP contribution in [0.1, 0.15) is 32.1 Å². The molecule has 5 nitrogen and oxygen atoms in total. The summed E-state index contributed by atoms with van der Waals surface area (Å²) >= 11 is 0. The highest BCUT2D eigenvalue weighted by atomic mass is 16.5. The molecule has 2 aromatic rings. The number of ether oxygens (including phenoxy) is 2.